The Bertz CT molecular complexity index is 1500. The molecule has 1 fully saturated rings. The third kappa shape index (κ3) is 6.08. The minimum Gasteiger partial charge on any atom is -0.568 e. The number of hydrogen-bond donors (Lipinski definition) is 1. The fourth-order valence-electron chi connectivity index (χ4n) is 5.00. The van der Waals surface area contributed by atoms with Crippen LogP contribution < -0.4 is 9.47 Å². The highest BCUT2D eigenvalue weighted by Gasteiger charge is 2.20. The standard InChI is InChI=1S/C30H32N4O5S/c1-19-23(18-39-24-12-10-22(11-13-24)26-17-27(35)33-40(26)37)7-4-8-25(19)29-20(2)31-30(32-21(29)3)38-16-6-15-34-14-5-9-28(34)36/h4,7-8,10-13,17H,5-6,9,14-16,18H2,1-3H3,(H,33,35). The molecule has 2 aromatic heterocycles. The molecule has 208 valence electrons. The van der Waals surface area contributed by atoms with E-state index in [1.54, 1.807) is 12.1 Å². The topological polar surface area (TPSA) is 121 Å². The van der Waals surface area contributed by atoms with Crippen molar-refractivity contribution in [3.05, 3.63) is 71.0 Å². The van der Waals surface area contributed by atoms with Gasteiger partial charge >= 0.3 is 6.01 Å². The van der Waals surface area contributed by atoms with Gasteiger partial charge in [0.25, 0.3) is 5.88 Å². The number of aryl methyl sites for hydroxylation is 2. The van der Waals surface area contributed by atoms with Crippen molar-refractivity contribution in [2.24, 2.45) is 0 Å². The van der Waals surface area contributed by atoms with Gasteiger partial charge in [0.15, 0.2) is 0 Å². The van der Waals surface area contributed by atoms with Gasteiger partial charge < -0.3 is 24.0 Å². The molecule has 0 spiro atoms. The van der Waals surface area contributed by atoms with Crippen LogP contribution in [0.25, 0.3) is 21.6 Å². The predicted octanol–water partition coefficient (Wildman–Crippen LogP) is 5.53. The van der Waals surface area contributed by atoms with Gasteiger partial charge in [-0.15, -0.1) is 0 Å². The van der Waals surface area contributed by atoms with Crippen LogP contribution in [0.4, 0.5) is 0 Å². The maximum absolute atomic E-state index is 12.0. The van der Waals surface area contributed by atoms with E-state index in [0.717, 1.165) is 58.6 Å². The van der Waals surface area contributed by atoms with Crippen LogP contribution in [0.2, 0.25) is 0 Å². The van der Waals surface area contributed by atoms with Gasteiger partial charge in [-0.25, -0.2) is 0 Å². The largest absolute Gasteiger partial charge is 0.568 e. The van der Waals surface area contributed by atoms with Crippen LogP contribution in [0.1, 0.15) is 41.8 Å². The first-order valence-corrected chi connectivity index (χ1v) is 14.4. The summed E-state index contributed by atoms with van der Waals surface area (Å²) in [6, 6.07) is 15.1. The maximum atomic E-state index is 12.0. The van der Waals surface area contributed by atoms with Gasteiger partial charge in [-0.2, -0.15) is 9.97 Å². The maximum Gasteiger partial charge on any atom is 0.316 e. The number of carbonyl (C=O) groups is 1. The Labute approximate surface area is 236 Å². The number of benzene rings is 2. The first-order valence-electron chi connectivity index (χ1n) is 13.3. The highest BCUT2D eigenvalue weighted by molar-refractivity contribution is 7.23. The van der Waals surface area contributed by atoms with E-state index in [0.29, 0.717) is 42.8 Å². The molecule has 3 heterocycles. The minimum atomic E-state index is -1.59. The van der Waals surface area contributed by atoms with E-state index in [9.17, 15) is 14.5 Å². The van der Waals surface area contributed by atoms with Gasteiger partial charge in [0.05, 0.1) is 35.0 Å². The zero-order chi connectivity index (χ0) is 28.2. The fourth-order valence-corrected chi connectivity index (χ4v) is 5.86. The van der Waals surface area contributed by atoms with Crippen molar-refractivity contribution in [2.75, 3.05) is 19.7 Å². The van der Waals surface area contributed by atoms with Crippen LogP contribution in [-0.2, 0) is 11.4 Å². The number of likely N-dealkylation sites (tertiary alicyclic amines) is 1. The van der Waals surface area contributed by atoms with E-state index in [2.05, 4.69) is 27.3 Å². The predicted molar refractivity (Wildman–Crippen MR) is 152 cm³/mol. The molecular weight excluding hydrogens is 528 g/mol. The highest BCUT2D eigenvalue weighted by atomic mass is 32.2. The lowest BCUT2D eigenvalue weighted by Gasteiger charge is -2.17. The van der Waals surface area contributed by atoms with Crippen molar-refractivity contribution in [2.45, 2.75) is 46.6 Å². The Kier molecular flexibility index (Phi) is 8.27. The molecule has 1 saturated heterocycles. The number of ether oxygens (including phenoxy) is 2. The number of amides is 1. The van der Waals surface area contributed by atoms with E-state index in [4.69, 9.17) is 9.47 Å². The van der Waals surface area contributed by atoms with Crippen LogP contribution >= 0.6 is 10.9 Å². The summed E-state index contributed by atoms with van der Waals surface area (Å²) in [5, 5.41) is 9.49. The summed E-state index contributed by atoms with van der Waals surface area (Å²) < 4.78 is 27.5. The average molecular weight is 561 g/mol. The molecule has 5 rings (SSSR count). The Morgan fingerprint density at radius 3 is 2.45 bits per heavy atom. The number of aromatic hydroxyl groups is 1. The first-order chi connectivity index (χ1) is 19.3. The van der Waals surface area contributed by atoms with Gasteiger partial charge in [0.2, 0.25) is 10.8 Å². The lowest BCUT2D eigenvalue weighted by atomic mass is 9.95. The number of aromatic nitrogens is 3. The van der Waals surface area contributed by atoms with Crippen LogP contribution in [0.3, 0.4) is 0 Å². The van der Waals surface area contributed by atoms with E-state index in [1.165, 1.54) is 6.07 Å². The number of hydrogen-bond acceptors (Lipinski definition) is 8. The molecular formula is C30H32N4O5S. The van der Waals surface area contributed by atoms with Gasteiger partial charge in [0, 0.05) is 35.0 Å². The quantitative estimate of drug-likeness (QED) is 0.198. The van der Waals surface area contributed by atoms with E-state index >= 15 is 0 Å². The highest BCUT2D eigenvalue weighted by Crippen LogP contribution is 2.35. The van der Waals surface area contributed by atoms with Crippen molar-refractivity contribution in [3.63, 3.8) is 0 Å². The van der Waals surface area contributed by atoms with Crippen molar-refractivity contribution >= 4 is 16.9 Å². The Morgan fingerprint density at radius 1 is 1.05 bits per heavy atom. The lowest BCUT2D eigenvalue weighted by Crippen LogP contribution is -2.26. The van der Waals surface area contributed by atoms with Crippen LogP contribution in [0.5, 0.6) is 17.6 Å². The third-order valence-corrected chi connectivity index (χ3v) is 8.18. The zero-order valence-corrected chi connectivity index (χ0v) is 23.7. The molecule has 0 radical (unpaired) electrons. The summed E-state index contributed by atoms with van der Waals surface area (Å²) in [6.07, 6.45) is 2.33. The van der Waals surface area contributed by atoms with Crippen LogP contribution in [-0.4, -0.2) is 54.5 Å². The van der Waals surface area contributed by atoms with Crippen molar-refractivity contribution in [1.29, 1.82) is 0 Å². The Hall–Kier alpha value is -4.02. The van der Waals surface area contributed by atoms with Gasteiger partial charge in [-0.3, -0.25) is 4.79 Å². The molecule has 9 nitrogen and oxygen atoms in total. The van der Waals surface area contributed by atoms with Crippen molar-refractivity contribution in [1.82, 2.24) is 19.2 Å². The summed E-state index contributed by atoms with van der Waals surface area (Å²) in [5.74, 6) is 0.671. The molecule has 1 aliphatic heterocycles. The van der Waals surface area contributed by atoms with Gasteiger partial charge in [-0.05, 0) is 74.6 Å². The van der Waals surface area contributed by atoms with Crippen molar-refractivity contribution in [3.8, 4) is 39.2 Å². The summed E-state index contributed by atoms with van der Waals surface area (Å²) >= 11 is 0. The third-order valence-electron chi connectivity index (χ3n) is 7.10. The zero-order valence-electron chi connectivity index (χ0n) is 22.8. The molecule has 1 unspecified atom stereocenters. The van der Waals surface area contributed by atoms with Gasteiger partial charge in [0.1, 0.15) is 12.4 Å². The molecule has 0 saturated carbocycles. The summed E-state index contributed by atoms with van der Waals surface area (Å²) in [5.41, 5.74) is 6.53. The molecule has 4 aromatic rings. The summed E-state index contributed by atoms with van der Waals surface area (Å²) in [6.45, 7) is 8.35. The monoisotopic (exact) mass is 560 g/mol. The van der Waals surface area contributed by atoms with Crippen LogP contribution in [0, 0.1) is 20.8 Å². The molecule has 1 aliphatic rings. The summed E-state index contributed by atoms with van der Waals surface area (Å²) in [4.78, 5) is 23.4. The fraction of sp³-hybridized carbons (Fsp3) is 0.333. The second kappa shape index (κ2) is 12.0. The molecule has 0 bridgehead atoms. The molecule has 10 heteroatoms. The van der Waals surface area contributed by atoms with Crippen LogP contribution in [0.15, 0.2) is 48.5 Å². The average Bonchev–Trinajstić information content (AvgIpc) is 3.50. The molecule has 40 heavy (non-hydrogen) atoms. The second-order valence-electron chi connectivity index (χ2n) is 9.85. The SMILES string of the molecule is Cc1nc(OCCCN2CCCC2=O)nc(C)c1-c1cccc(COc2ccc(-c3cc(O)n[s+]3[O-])cc2)c1C. The number of nitrogens with zero attached hydrogens (tertiary/aromatic N) is 4. The van der Waals surface area contributed by atoms with Crippen molar-refractivity contribution < 1.29 is 23.9 Å². The first kappa shape index (κ1) is 27.5. The molecule has 1 amide bonds. The normalized spacial score (nSPS) is 13.7. The van der Waals surface area contributed by atoms with E-state index in [1.807, 2.05) is 43.0 Å². The molecule has 1 N–H and O–H groups in total. The minimum absolute atomic E-state index is 0.224. The molecule has 2 aromatic carbocycles. The Balaban J connectivity index is 1.24. The Morgan fingerprint density at radius 2 is 1.80 bits per heavy atom. The lowest BCUT2D eigenvalue weighted by molar-refractivity contribution is -0.127. The molecule has 0 aliphatic carbocycles. The van der Waals surface area contributed by atoms with E-state index < -0.39 is 10.9 Å². The number of carbonyl (C=O) groups excluding carboxylic acids is 1. The molecule has 1 atom stereocenters. The summed E-state index contributed by atoms with van der Waals surface area (Å²) in [7, 11) is -1.59. The van der Waals surface area contributed by atoms with Gasteiger partial charge in [-0.1, -0.05) is 18.2 Å². The second-order valence-corrected chi connectivity index (χ2v) is 11.0. The van der Waals surface area contributed by atoms with E-state index in [-0.39, 0.29) is 11.8 Å². The number of rotatable bonds is 10. The smallest absolute Gasteiger partial charge is 0.316 e.